The molecule has 0 aliphatic rings. The zero-order chi connectivity index (χ0) is 20.8. The second-order valence-corrected chi connectivity index (χ2v) is 10.5. The minimum Gasteiger partial charge on any atom is -0.263 e. The standard InChI is InChI=1S/C18H15N5O4S2/c1-28(24,25)14-5-12(7-19-9-14)16-3-4-18-21-11-17(23(18)22-16)13-6-15(10-20-8-13)29(2,26)27/h3-11H,1-2H3. The van der Waals surface area contributed by atoms with Gasteiger partial charge in [-0.05, 0) is 24.3 Å². The Balaban J connectivity index is 1.87. The molecule has 148 valence electrons. The van der Waals surface area contributed by atoms with Crippen LogP contribution >= 0.6 is 0 Å². The van der Waals surface area contributed by atoms with Crippen molar-refractivity contribution in [1.82, 2.24) is 24.6 Å². The summed E-state index contributed by atoms with van der Waals surface area (Å²) < 4.78 is 48.8. The van der Waals surface area contributed by atoms with Crippen LogP contribution in [0.3, 0.4) is 0 Å². The Hall–Kier alpha value is -3.18. The van der Waals surface area contributed by atoms with Gasteiger partial charge in [0.1, 0.15) is 0 Å². The fraction of sp³-hybridized carbons (Fsp3) is 0.111. The fourth-order valence-corrected chi connectivity index (χ4v) is 3.93. The molecule has 4 heterocycles. The molecule has 0 aliphatic heterocycles. The molecule has 0 N–H and O–H groups in total. The van der Waals surface area contributed by atoms with E-state index in [0.717, 1.165) is 12.5 Å². The predicted molar refractivity (Wildman–Crippen MR) is 106 cm³/mol. The number of sulfone groups is 2. The van der Waals surface area contributed by atoms with Crippen LogP contribution in [0.5, 0.6) is 0 Å². The molecule has 0 saturated heterocycles. The molecule has 0 spiro atoms. The zero-order valence-electron chi connectivity index (χ0n) is 15.4. The topological polar surface area (TPSA) is 124 Å². The molecule has 0 bridgehead atoms. The molecule has 11 heteroatoms. The number of pyridine rings is 2. The first-order valence-electron chi connectivity index (χ1n) is 8.29. The van der Waals surface area contributed by atoms with Crippen molar-refractivity contribution in [3.05, 3.63) is 55.2 Å². The average Bonchev–Trinajstić information content (AvgIpc) is 3.10. The van der Waals surface area contributed by atoms with Gasteiger partial charge in [0.25, 0.3) is 0 Å². The number of imidazole rings is 1. The number of nitrogens with zero attached hydrogens (tertiary/aromatic N) is 5. The maximum Gasteiger partial charge on any atom is 0.177 e. The summed E-state index contributed by atoms with van der Waals surface area (Å²) in [5, 5.41) is 4.54. The Morgan fingerprint density at radius 1 is 0.759 bits per heavy atom. The maximum atomic E-state index is 11.8. The monoisotopic (exact) mass is 429 g/mol. The van der Waals surface area contributed by atoms with Gasteiger partial charge in [-0.2, -0.15) is 5.10 Å². The second kappa shape index (κ2) is 6.71. The van der Waals surface area contributed by atoms with E-state index < -0.39 is 19.7 Å². The Morgan fingerprint density at radius 3 is 1.97 bits per heavy atom. The van der Waals surface area contributed by atoms with E-state index in [1.807, 2.05) is 0 Å². The van der Waals surface area contributed by atoms with Gasteiger partial charge in [0.15, 0.2) is 25.3 Å². The van der Waals surface area contributed by atoms with E-state index in [2.05, 4.69) is 20.1 Å². The summed E-state index contributed by atoms with van der Waals surface area (Å²) in [6.07, 6.45) is 9.40. The summed E-state index contributed by atoms with van der Waals surface area (Å²) >= 11 is 0. The van der Waals surface area contributed by atoms with Crippen LogP contribution in [-0.2, 0) is 19.7 Å². The highest BCUT2D eigenvalue weighted by Gasteiger charge is 2.14. The van der Waals surface area contributed by atoms with Crippen LogP contribution in [-0.4, -0.2) is 53.9 Å². The molecule has 4 rings (SSSR count). The van der Waals surface area contributed by atoms with Gasteiger partial charge in [0.2, 0.25) is 0 Å². The fourth-order valence-electron chi connectivity index (χ4n) is 2.75. The van der Waals surface area contributed by atoms with Gasteiger partial charge in [-0.25, -0.2) is 26.3 Å². The van der Waals surface area contributed by atoms with Gasteiger partial charge in [-0.3, -0.25) is 9.97 Å². The van der Waals surface area contributed by atoms with Gasteiger partial charge in [0, 0.05) is 48.4 Å². The van der Waals surface area contributed by atoms with E-state index in [9.17, 15) is 16.8 Å². The Kier molecular flexibility index (Phi) is 4.43. The van der Waals surface area contributed by atoms with E-state index in [4.69, 9.17) is 0 Å². The molecule has 9 nitrogen and oxygen atoms in total. The van der Waals surface area contributed by atoms with Crippen LogP contribution in [0.2, 0.25) is 0 Å². The Morgan fingerprint density at radius 2 is 1.34 bits per heavy atom. The maximum absolute atomic E-state index is 11.8. The minimum atomic E-state index is -3.42. The van der Waals surface area contributed by atoms with E-state index >= 15 is 0 Å². The molecule has 0 radical (unpaired) electrons. The highest BCUT2D eigenvalue weighted by Crippen LogP contribution is 2.25. The molecule has 4 aromatic heterocycles. The van der Waals surface area contributed by atoms with Crippen LogP contribution in [0.15, 0.2) is 65.0 Å². The lowest BCUT2D eigenvalue weighted by Crippen LogP contribution is -2.01. The quantitative estimate of drug-likeness (QED) is 0.480. The summed E-state index contributed by atoms with van der Waals surface area (Å²) in [6.45, 7) is 0. The number of rotatable bonds is 4. The van der Waals surface area contributed by atoms with E-state index in [-0.39, 0.29) is 9.79 Å². The predicted octanol–water partition coefficient (Wildman–Crippen LogP) is 1.66. The summed E-state index contributed by atoms with van der Waals surface area (Å²) in [6, 6.07) is 6.44. The van der Waals surface area contributed by atoms with Crippen LogP contribution < -0.4 is 0 Å². The van der Waals surface area contributed by atoms with Crippen LogP contribution in [0.1, 0.15) is 0 Å². The number of aromatic nitrogens is 5. The number of fused-ring (bicyclic) bond motifs is 1. The lowest BCUT2D eigenvalue weighted by molar-refractivity contribution is 0.599. The SMILES string of the molecule is CS(=O)(=O)c1cncc(-c2ccc3ncc(-c4cncc(S(C)(=O)=O)c4)n3n2)c1. The number of hydrogen-bond donors (Lipinski definition) is 0. The third-order valence-electron chi connectivity index (χ3n) is 4.24. The molecule has 0 unspecified atom stereocenters. The van der Waals surface area contributed by atoms with Gasteiger partial charge < -0.3 is 0 Å². The van der Waals surface area contributed by atoms with Gasteiger partial charge >= 0.3 is 0 Å². The molecule has 0 aliphatic carbocycles. The summed E-state index contributed by atoms with van der Waals surface area (Å²) in [4.78, 5) is 12.5. The van der Waals surface area contributed by atoms with Crippen molar-refractivity contribution < 1.29 is 16.8 Å². The third-order valence-corrected chi connectivity index (χ3v) is 6.40. The third kappa shape index (κ3) is 3.74. The van der Waals surface area contributed by atoms with E-state index in [1.165, 1.54) is 36.9 Å². The van der Waals surface area contributed by atoms with Crippen molar-refractivity contribution in [2.24, 2.45) is 0 Å². The zero-order valence-corrected chi connectivity index (χ0v) is 17.0. The molecule has 4 aromatic rings. The first-order valence-corrected chi connectivity index (χ1v) is 12.1. The van der Waals surface area contributed by atoms with Crippen LogP contribution in [0, 0.1) is 0 Å². The molecular formula is C18H15N5O4S2. The lowest BCUT2D eigenvalue weighted by Gasteiger charge is -2.06. The Bertz CT molecular complexity index is 1460. The van der Waals surface area contributed by atoms with Crippen LogP contribution in [0.4, 0.5) is 0 Å². The molecular weight excluding hydrogens is 414 g/mol. The van der Waals surface area contributed by atoms with Crippen molar-refractivity contribution in [2.75, 3.05) is 12.5 Å². The Labute approximate surface area is 166 Å². The van der Waals surface area contributed by atoms with E-state index in [1.54, 1.807) is 22.8 Å². The molecule has 0 fully saturated rings. The summed E-state index contributed by atoms with van der Waals surface area (Å²) in [5.41, 5.74) is 2.64. The molecule has 0 aromatic carbocycles. The summed E-state index contributed by atoms with van der Waals surface area (Å²) in [7, 11) is -6.83. The normalized spacial score (nSPS) is 12.3. The van der Waals surface area contributed by atoms with E-state index in [0.29, 0.717) is 28.2 Å². The van der Waals surface area contributed by atoms with Crippen LogP contribution in [0.25, 0.3) is 28.2 Å². The first-order chi connectivity index (χ1) is 13.6. The largest absolute Gasteiger partial charge is 0.263 e. The molecule has 0 atom stereocenters. The van der Waals surface area contributed by atoms with Crippen molar-refractivity contribution >= 4 is 25.3 Å². The smallest absolute Gasteiger partial charge is 0.177 e. The first kappa shape index (κ1) is 19.2. The highest BCUT2D eigenvalue weighted by atomic mass is 32.2. The van der Waals surface area contributed by atoms with Gasteiger partial charge in [-0.1, -0.05) is 0 Å². The average molecular weight is 429 g/mol. The highest BCUT2D eigenvalue weighted by molar-refractivity contribution is 7.91. The lowest BCUT2D eigenvalue weighted by atomic mass is 10.2. The van der Waals surface area contributed by atoms with Crippen molar-refractivity contribution in [1.29, 1.82) is 0 Å². The van der Waals surface area contributed by atoms with Crippen molar-refractivity contribution in [2.45, 2.75) is 9.79 Å². The molecule has 0 saturated carbocycles. The molecule has 0 amide bonds. The van der Waals surface area contributed by atoms with Crippen molar-refractivity contribution in [3.8, 4) is 22.5 Å². The second-order valence-electron chi connectivity index (χ2n) is 6.49. The van der Waals surface area contributed by atoms with Gasteiger partial charge in [0.05, 0.1) is 27.4 Å². The van der Waals surface area contributed by atoms with Gasteiger partial charge in [-0.15, -0.1) is 0 Å². The van der Waals surface area contributed by atoms with Crippen molar-refractivity contribution in [3.63, 3.8) is 0 Å². The number of hydrogen-bond acceptors (Lipinski definition) is 8. The minimum absolute atomic E-state index is 0.0890. The summed E-state index contributed by atoms with van der Waals surface area (Å²) in [5.74, 6) is 0. The molecule has 29 heavy (non-hydrogen) atoms.